The number of carbonyl (C=O) groups excluding carboxylic acids is 1. The molecule has 1 N–H and O–H groups in total. The molecule has 0 aromatic heterocycles. The SMILES string of the molecule is C=C1CC1C(O)C(=O)OC. The van der Waals surface area contributed by atoms with Crippen LogP contribution in [0, 0.1) is 5.92 Å². The van der Waals surface area contributed by atoms with Crippen LogP contribution < -0.4 is 0 Å². The molecule has 1 rings (SSSR count). The molecular weight excluding hydrogens is 132 g/mol. The molecule has 0 amide bonds. The van der Waals surface area contributed by atoms with Crippen LogP contribution in [-0.2, 0) is 9.53 Å². The van der Waals surface area contributed by atoms with Crippen molar-refractivity contribution in [1.29, 1.82) is 0 Å². The minimum Gasteiger partial charge on any atom is -0.467 e. The standard InChI is InChI=1S/C7H10O3/c1-4-3-5(4)6(8)7(9)10-2/h5-6,8H,1,3H2,2H3. The Hall–Kier alpha value is -0.830. The van der Waals surface area contributed by atoms with Crippen molar-refractivity contribution in [2.24, 2.45) is 5.92 Å². The molecule has 3 heteroatoms. The van der Waals surface area contributed by atoms with Gasteiger partial charge in [-0.2, -0.15) is 0 Å². The highest BCUT2D eigenvalue weighted by molar-refractivity contribution is 5.76. The van der Waals surface area contributed by atoms with Crippen LogP contribution in [-0.4, -0.2) is 24.3 Å². The predicted octanol–water partition coefficient (Wildman–Crippen LogP) is 0.0964. The lowest BCUT2D eigenvalue weighted by Gasteiger charge is -2.03. The van der Waals surface area contributed by atoms with Gasteiger partial charge in [-0.15, -0.1) is 0 Å². The number of carbonyl (C=O) groups is 1. The molecule has 1 aliphatic rings. The monoisotopic (exact) mass is 142 g/mol. The number of aliphatic hydroxyl groups is 1. The zero-order valence-corrected chi connectivity index (χ0v) is 5.83. The van der Waals surface area contributed by atoms with Crippen molar-refractivity contribution in [3.8, 4) is 0 Å². The van der Waals surface area contributed by atoms with E-state index in [-0.39, 0.29) is 5.92 Å². The summed E-state index contributed by atoms with van der Waals surface area (Å²) in [6.45, 7) is 3.62. The summed E-state index contributed by atoms with van der Waals surface area (Å²) < 4.78 is 4.33. The van der Waals surface area contributed by atoms with E-state index in [9.17, 15) is 4.79 Å². The Balaban J connectivity index is 2.42. The molecule has 0 radical (unpaired) electrons. The average molecular weight is 142 g/mol. The lowest BCUT2D eigenvalue weighted by molar-refractivity contribution is -0.151. The third kappa shape index (κ3) is 1.19. The zero-order chi connectivity index (χ0) is 7.72. The Morgan fingerprint density at radius 3 is 2.80 bits per heavy atom. The zero-order valence-electron chi connectivity index (χ0n) is 5.83. The van der Waals surface area contributed by atoms with Gasteiger partial charge in [0.2, 0.25) is 0 Å². The minimum atomic E-state index is -0.988. The molecule has 3 nitrogen and oxygen atoms in total. The lowest BCUT2D eigenvalue weighted by Crippen LogP contribution is -2.23. The maximum Gasteiger partial charge on any atom is 0.335 e. The fourth-order valence-corrected chi connectivity index (χ4v) is 0.843. The van der Waals surface area contributed by atoms with Crippen molar-refractivity contribution in [2.75, 3.05) is 7.11 Å². The van der Waals surface area contributed by atoms with Gasteiger partial charge in [-0.3, -0.25) is 0 Å². The van der Waals surface area contributed by atoms with Crippen molar-refractivity contribution in [2.45, 2.75) is 12.5 Å². The second-order valence-corrected chi connectivity index (χ2v) is 2.44. The lowest BCUT2D eigenvalue weighted by atomic mass is 10.2. The van der Waals surface area contributed by atoms with E-state index in [2.05, 4.69) is 11.3 Å². The Morgan fingerprint density at radius 2 is 2.50 bits per heavy atom. The van der Waals surface area contributed by atoms with Gasteiger partial charge in [0.1, 0.15) is 0 Å². The Bertz CT molecular complexity index is 174. The van der Waals surface area contributed by atoms with Gasteiger partial charge in [0.05, 0.1) is 7.11 Å². The Labute approximate surface area is 59.3 Å². The molecule has 56 valence electrons. The molecule has 2 unspecified atom stereocenters. The number of ether oxygens (including phenoxy) is 1. The third-order valence-electron chi connectivity index (χ3n) is 1.67. The molecule has 0 heterocycles. The first-order valence-electron chi connectivity index (χ1n) is 3.10. The first kappa shape index (κ1) is 7.28. The van der Waals surface area contributed by atoms with Crippen molar-refractivity contribution in [1.82, 2.24) is 0 Å². The van der Waals surface area contributed by atoms with Crippen molar-refractivity contribution >= 4 is 5.97 Å². The molecule has 1 aliphatic carbocycles. The molecule has 0 spiro atoms. The van der Waals surface area contributed by atoms with Crippen LogP contribution >= 0.6 is 0 Å². The maximum absolute atomic E-state index is 10.6. The molecule has 0 aromatic rings. The van der Waals surface area contributed by atoms with Gasteiger partial charge in [0.15, 0.2) is 6.10 Å². The molecule has 0 aromatic carbocycles. The van der Waals surface area contributed by atoms with E-state index < -0.39 is 12.1 Å². The van der Waals surface area contributed by atoms with Gasteiger partial charge in [-0.05, 0) is 6.42 Å². The van der Waals surface area contributed by atoms with Crippen molar-refractivity contribution in [3.05, 3.63) is 12.2 Å². The highest BCUT2D eigenvalue weighted by Gasteiger charge is 2.39. The first-order valence-corrected chi connectivity index (χ1v) is 3.10. The fourth-order valence-electron chi connectivity index (χ4n) is 0.843. The summed E-state index contributed by atoms with van der Waals surface area (Å²) in [4.78, 5) is 10.6. The number of esters is 1. The summed E-state index contributed by atoms with van der Waals surface area (Å²) in [5, 5.41) is 9.09. The van der Waals surface area contributed by atoms with Crippen LogP contribution in [0.25, 0.3) is 0 Å². The Kier molecular flexibility index (Phi) is 1.76. The van der Waals surface area contributed by atoms with E-state index in [0.29, 0.717) is 0 Å². The molecule has 0 saturated heterocycles. The predicted molar refractivity (Wildman–Crippen MR) is 35.3 cm³/mol. The smallest absolute Gasteiger partial charge is 0.335 e. The molecule has 0 bridgehead atoms. The van der Waals surface area contributed by atoms with E-state index in [0.717, 1.165) is 12.0 Å². The normalized spacial score (nSPS) is 25.8. The van der Waals surface area contributed by atoms with Crippen LogP contribution in [0.2, 0.25) is 0 Å². The van der Waals surface area contributed by atoms with Gasteiger partial charge < -0.3 is 9.84 Å². The molecular formula is C7H10O3. The fraction of sp³-hybridized carbons (Fsp3) is 0.571. The summed E-state index contributed by atoms with van der Waals surface area (Å²) in [5.74, 6) is -0.615. The van der Waals surface area contributed by atoms with Crippen LogP contribution in [0.3, 0.4) is 0 Å². The first-order chi connectivity index (χ1) is 4.66. The molecule has 1 fully saturated rings. The number of hydrogen-bond donors (Lipinski definition) is 1. The summed E-state index contributed by atoms with van der Waals surface area (Å²) in [5.41, 5.74) is 0.929. The van der Waals surface area contributed by atoms with Gasteiger partial charge in [0, 0.05) is 5.92 Å². The maximum atomic E-state index is 10.6. The second-order valence-electron chi connectivity index (χ2n) is 2.44. The van der Waals surface area contributed by atoms with Crippen LogP contribution in [0.1, 0.15) is 6.42 Å². The number of methoxy groups -OCH3 is 1. The minimum absolute atomic E-state index is 0.0487. The quantitative estimate of drug-likeness (QED) is 0.439. The average Bonchev–Trinajstić information content (AvgIpc) is 2.63. The van der Waals surface area contributed by atoms with Crippen molar-refractivity contribution in [3.63, 3.8) is 0 Å². The van der Waals surface area contributed by atoms with Gasteiger partial charge >= 0.3 is 5.97 Å². The number of hydrogen-bond acceptors (Lipinski definition) is 3. The van der Waals surface area contributed by atoms with Crippen LogP contribution in [0.4, 0.5) is 0 Å². The highest BCUT2D eigenvalue weighted by atomic mass is 16.5. The van der Waals surface area contributed by atoms with Crippen LogP contribution in [0.5, 0.6) is 0 Å². The Morgan fingerprint density at radius 1 is 2.00 bits per heavy atom. The molecule has 10 heavy (non-hydrogen) atoms. The van der Waals surface area contributed by atoms with Crippen LogP contribution in [0.15, 0.2) is 12.2 Å². The highest BCUT2D eigenvalue weighted by Crippen LogP contribution is 2.38. The van der Waals surface area contributed by atoms with E-state index in [1.54, 1.807) is 0 Å². The summed E-state index contributed by atoms with van der Waals surface area (Å²) in [7, 11) is 1.26. The van der Waals surface area contributed by atoms with Gasteiger partial charge in [0.25, 0.3) is 0 Å². The topological polar surface area (TPSA) is 46.5 Å². The van der Waals surface area contributed by atoms with Gasteiger partial charge in [-0.25, -0.2) is 4.79 Å². The van der Waals surface area contributed by atoms with E-state index in [4.69, 9.17) is 5.11 Å². The molecule has 1 saturated carbocycles. The van der Waals surface area contributed by atoms with E-state index in [1.807, 2.05) is 0 Å². The molecule has 0 aliphatic heterocycles. The number of aliphatic hydroxyl groups excluding tert-OH is 1. The number of rotatable bonds is 2. The largest absolute Gasteiger partial charge is 0.467 e. The second kappa shape index (κ2) is 2.42. The van der Waals surface area contributed by atoms with Crippen molar-refractivity contribution < 1.29 is 14.6 Å². The summed E-state index contributed by atoms with van der Waals surface area (Å²) >= 11 is 0. The third-order valence-corrected chi connectivity index (χ3v) is 1.67. The summed E-state index contributed by atoms with van der Waals surface area (Å²) in [6, 6.07) is 0. The van der Waals surface area contributed by atoms with E-state index in [1.165, 1.54) is 7.11 Å². The van der Waals surface area contributed by atoms with E-state index >= 15 is 0 Å². The van der Waals surface area contributed by atoms with Gasteiger partial charge in [-0.1, -0.05) is 12.2 Å². The summed E-state index contributed by atoms with van der Waals surface area (Å²) in [6.07, 6.45) is -0.242. The molecule has 2 atom stereocenters.